The van der Waals surface area contributed by atoms with Gasteiger partial charge in [0.15, 0.2) is 0 Å². The summed E-state index contributed by atoms with van der Waals surface area (Å²) in [6, 6.07) is 6.40. The maximum absolute atomic E-state index is 5.77. The fraction of sp³-hybridized carbons (Fsp3) is 0.471. The highest BCUT2D eigenvalue weighted by Gasteiger charge is 2.18. The standard InChI is InChI=1S/C17H24N2OS/c1-5-20-15-7-6-12(17(2,3)4)10-13(15)14-11-21-16(19-14)8-9-18/h6-7,10-11H,5,8-9,18H2,1-4H3. The summed E-state index contributed by atoms with van der Waals surface area (Å²) in [4.78, 5) is 4.69. The van der Waals surface area contributed by atoms with Crippen molar-refractivity contribution < 1.29 is 4.74 Å². The third-order valence-electron chi connectivity index (χ3n) is 3.33. The molecule has 1 aromatic heterocycles. The SMILES string of the molecule is CCOc1ccc(C(C)(C)C)cc1-c1csc(CCN)n1. The van der Waals surface area contributed by atoms with Gasteiger partial charge in [0.05, 0.1) is 17.3 Å². The lowest BCUT2D eigenvalue weighted by Crippen LogP contribution is -2.11. The van der Waals surface area contributed by atoms with Gasteiger partial charge in [0.25, 0.3) is 0 Å². The molecule has 0 amide bonds. The van der Waals surface area contributed by atoms with Gasteiger partial charge in [0.1, 0.15) is 5.75 Å². The van der Waals surface area contributed by atoms with Crippen LogP contribution in [0.15, 0.2) is 23.6 Å². The van der Waals surface area contributed by atoms with Crippen LogP contribution in [0.1, 0.15) is 38.3 Å². The third-order valence-corrected chi connectivity index (χ3v) is 4.24. The summed E-state index contributed by atoms with van der Waals surface area (Å²) in [7, 11) is 0. The smallest absolute Gasteiger partial charge is 0.128 e. The van der Waals surface area contributed by atoms with Crippen LogP contribution in [0.4, 0.5) is 0 Å². The van der Waals surface area contributed by atoms with Crippen LogP contribution in [0.25, 0.3) is 11.3 Å². The van der Waals surface area contributed by atoms with E-state index in [0.717, 1.165) is 28.4 Å². The molecule has 0 aliphatic carbocycles. The average Bonchev–Trinajstić information content (AvgIpc) is 2.87. The highest BCUT2D eigenvalue weighted by molar-refractivity contribution is 7.09. The Morgan fingerprint density at radius 3 is 2.67 bits per heavy atom. The predicted octanol–water partition coefficient (Wildman–Crippen LogP) is 4.01. The Morgan fingerprint density at radius 1 is 1.29 bits per heavy atom. The fourth-order valence-electron chi connectivity index (χ4n) is 2.15. The fourth-order valence-corrected chi connectivity index (χ4v) is 2.97. The first-order valence-electron chi connectivity index (χ1n) is 7.38. The van der Waals surface area contributed by atoms with Crippen LogP contribution in [0.5, 0.6) is 5.75 Å². The summed E-state index contributed by atoms with van der Waals surface area (Å²) in [6.07, 6.45) is 0.827. The summed E-state index contributed by atoms with van der Waals surface area (Å²) >= 11 is 1.66. The molecular formula is C17H24N2OS. The van der Waals surface area contributed by atoms with E-state index < -0.39 is 0 Å². The minimum absolute atomic E-state index is 0.107. The van der Waals surface area contributed by atoms with Gasteiger partial charge in [-0.05, 0) is 36.6 Å². The molecule has 0 fully saturated rings. The summed E-state index contributed by atoms with van der Waals surface area (Å²) in [5.41, 5.74) is 9.06. The Labute approximate surface area is 131 Å². The Balaban J connectivity index is 2.46. The van der Waals surface area contributed by atoms with Crippen molar-refractivity contribution in [2.75, 3.05) is 13.2 Å². The van der Waals surface area contributed by atoms with Gasteiger partial charge in [-0.2, -0.15) is 0 Å². The highest BCUT2D eigenvalue weighted by atomic mass is 32.1. The van der Waals surface area contributed by atoms with Crippen LogP contribution in [-0.4, -0.2) is 18.1 Å². The van der Waals surface area contributed by atoms with Crippen LogP contribution in [-0.2, 0) is 11.8 Å². The second-order valence-electron chi connectivity index (χ2n) is 6.06. The van der Waals surface area contributed by atoms with Crippen molar-refractivity contribution in [2.24, 2.45) is 5.73 Å². The first-order valence-corrected chi connectivity index (χ1v) is 8.26. The minimum atomic E-state index is 0.107. The molecule has 21 heavy (non-hydrogen) atoms. The van der Waals surface area contributed by atoms with Crippen molar-refractivity contribution in [3.8, 4) is 17.0 Å². The van der Waals surface area contributed by atoms with Gasteiger partial charge in [-0.1, -0.05) is 26.8 Å². The zero-order valence-corrected chi connectivity index (χ0v) is 14.1. The van der Waals surface area contributed by atoms with Crippen LogP contribution in [0, 0.1) is 0 Å². The number of ether oxygens (including phenoxy) is 1. The Morgan fingerprint density at radius 2 is 2.05 bits per heavy atom. The van der Waals surface area contributed by atoms with E-state index in [0.29, 0.717) is 13.2 Å². The monoisotopic (exact) mass is 304 g/mol. The molecule has 0 saturated carbocycles. The maximum atomic E-state index is 5.77. The number of nitrogens with two attached hydrogens (primary N) is 1. The van der Waals surface area contributed by atoms with Gasteiger partial charge in [-0.15, -0.1) is 11.3 Å². The molecule has 0 saturated heterocycles. The van der Waals surface area contributed by atoms with Gasteiger partial charge >= 0.3 is 0 Å². The molecular weight excluding hydrogens is 280 g/mol. The Hall–Kier alpha value is -1.39. The second kappa shape index (κ2) is 6.58. The van der Waals surface area contributed by atoms with E-state index in [1.165, 1.54) is 5.56 Å². The van der Waals surface area contributed by atoms with E-state index in [1.807, 2.05) is 6.92 Å². The summed E-state index contributed by atoms with van der Waals surface area (Å²) in [5, 5.41) is 3.17. The second-order valence-corrected chi connectivity index (χ2v) is 7.00. The molecule has 114 valence electrons. The molecule has 0 unspecified atom stereocenters. The molecule has 4 heteroatoms. The molecule has 0 atom stereocenters. The van der Waals surface area contributed by atoms with Crippen LogP contribution in [0.3, 0.4) is 0 Å². The lowest BCUT2D eigenvalue weighted by molar-refractivity contribution is 0.341. The zero-order chi connectivity index (χ0) is 15.5. The molecule has 0 spiro atoms. The number of aromatic nitrogens is 1. The van der Waals surface area contributed by atoms with Gasteiger partial charge in [0, 0.05) is 17.4 Å². The number of hydrogen-bond donors (Lipinski definition) is 1. The van der Waals surface area contributed by atoms with Gasteiger partial charge in [-0.3, -0.25) is 0 Å². The van der Waals surface area contributed by atoms with Gasteiger partial charge in [-0.25, -0.2) is 4.98 Å². The molecule has 0 radical (unpaired) electrons. The molecule has 1 heterocycles. The van der Waals surface area contributed by atoms with Gasteiger partial charge < -0.3 is 10.5 Å². The molecule has 0 bridgehead atoms. The van der Waals surface area contributed by atoms with Crippen LogP contribution < -0.4 is 10.5 Å². The lowest BCUT2D eigenvalue weighted by Gasteiger charge is -2.21. The molecule has 2 N–H and O–H groups in total. The number of rotatable bonds is 5. The lowest BCUT2D eigenvalue weighted by atomic mass is 9.86. The van der Waals surface area contributed by atoms with Crippen molar-refractivity contribution in [2.45, 2.75) is 39.5 Å². The topological polar surface area (TPSA) is 48.1 Å². The van der Waals surface area contributed by atoms with Crippen LogP contribution >= 0.6 is 11.3 Å². The average molecular weight is 304 g/mol. The van der Waals surface area contributed by atoms with Crippen molar-refractivity contribution in [1.29, 1.82) is 0 Å². The first kappa shape index (κ1) is 16.0. The highest BCUT2D eigenvalue weighted by Crippen LogP contribution is 2.35. The number of thiazole rings is 1. The Bertz CT molecular complexity index is 599. The normalized spacial score (nSPS) is 11.7. The first-order chi connectivity index (χ1) is 9.95. The maximum Gasteiger partial charge on any atom is 0.128 e. The summed E-state index contributed by atoms with van der Waals surface area (Å²) in [5.74, 6) is 0.898. The summed E-state index contributed by atoms with van der Waals surface area (Å²) < 4.78 is 5.77. The molecule has 0 aliphatic heterocycles. The minimum Gasteiger partial charge on any atom is -0.493 e. The molecule has 0 aliphatic rings. The van der Waals surface area contributed by atoms with Crippen molar-refractivity contribution >= 4 is 11.3 Å². The third kappa shape index (κ3) is 3.83. The van der Waals surface area contributed by atoms with E-state index in [-0.39, 0.29) is 5.41 Å². The Kier molecular flexibility index (Phi) is 5.01. The van der Waals surface area contributed by atoms with Crippen LogP contribution in [0.2, 0.25) is 0 Å². The zero-order valence-electron chi connectivity index (χ0n) is 13.3. The van der Waals surface area contributed by atoms with Crippen molar-refractivity contribution in [1.82, 2.24) is 4.98 Å². The summed E-state index contributed by atoms with van der Waals surface area (Å²) in [6.45, 7) is 9.94. The van der Waals surface area contributed by atoms with Crippen molar-refractivity contribution in [3.05, 3.63) is 34.2 Å². The van der Waals surface area contributed by atoms with Gasteiger partial charge in [0.2, 0.25) is 0 Å². The number of benzene rings is 1. The quantitative estimate of drug-likeness (QED) is 0.908. The van der Waals surface area contributed by atoms with Crippen molar-refractivity contribution in [3.63, 3.8) is 0 Å². The number of nitrogens with zero attached hydrogens (tertiary/aromatic N) is 1. The van der Waals surface area contributed by atoms with E-state index in [1.54, 1.807) is 11.3 Å². The molecule has 3 nitrogen and oxygen atoms in total. The molecule has 2 rings (SSSR count). The van der Waals surface area contributed by atoms with E-state index >= 15 is 0 Å². The predicted molar refractivity (Wildman–Crippen MR) is 90.2 cm³/mol. The molecule has 1 aromatic carbocycles. The van der Waals surface area contributed by atoms with E-state index in [4.69, 9.17) is 15.5 Å². The van der Waals surface area contributed by atoms with E-state index in [2.05, 4.69) is 44.4 Å². The largest absolute Gasteiger partial charge is 0.493 e. The molecule has 2 aromatic rings. The number of hydrogen-bond acceptors (Lipinski definition) is 4. The van der Waals surface area contributed by atoms with E-state index in [9.17, 15) is 0 Å².